The molecule has 1 fully saturated rings. The molecule has 0 spiro atoms. The van der Waals surface area contributed by atoms with E-state index < -0.39 is 0 Å². The van der Waals surface area contributed by atoms with Crippen molar-refractivity contribution in [2.75, 3.05) is 26.3 Å². The van der Waals surface area contributed by atoms with Crippen LogP contribution in [0.2, 0.25) is 0 Å². The molecule has 1 atom stereocenters. The summed E-state index contributed by atoms with van der Waals surface area (Å²) in [5.74, 6) is 0.0543. The molecule has 1 rings (SSSR count). The predicted molar refractivity (Wildman–Crippen MR) is 57.5 cm³/mol. The van der Waals surface area contributed by atoms with Crippen LogP contribution in [-0.2, 0) is 9.53 Å². The molecule has 0 radical (unpaired) electrons. The van der Waals surface area contributed by atoms with Gasteiger partial charge in [-0.3, -0.25) is 4.79 Å². The number of hydrogen-bond donors (Lipinski definition) is 1. The van der Waals surface area contributed by atoms with Crippen molar-refractivity contribution >= 4 is 5.91 Å². The highest BCUT2D eigenvalue weighted by Gasteiger charge is 2.23. The van der Waals surface area contributed by atoms with Gasteiger partial charge in [-0.05, 0) is 13.3 Å². The van der Waals surface area contributed by atoms with Crippen LogP contribution in [0.3, 0.4) is 0 Å². The highest BCUT2D eigenvalue weighted by atomic mass is 16.5. The lowest BCUT2D eigenvalue weighted by atomic mass is 10.2. The van der Waals surface area contributed by atoms with E-state index in [1.807, 2.05) is 19.9 Å². The topological polar surface area (TPSA) is 49.8 Å². The van der Waals surface area contributed by atoms with Crippen molar-refractivity contribution in [2.24, 2.45) is 0 Å². The first-order valence-corrected chi connectivity index (χ1v) is 5.37. The lowest BCUT2D eigenvalue weighted by molar-refractivity contribution is -0.136. The van der Waals surface area contributed by atoms with Crippen molar-refractivity contribution in [1.82, 2.24) is 4.90 Å². The monoisotopic (exact) mass is 213 g/mol. The van der Waals surface area contributed by atoms with Gasteiger partial charge in [0, 0.05) is 18.7 Å². The Bertz CT molecular complexity index is 250. The summed E-state index contributed by atoms with van der Waals surface area (Å²) in [6.45, 7) is 5.42. The highest BCUT2D eigenvalue weighted by molar-refractivity contribution is 5.92. The first-order chi connectivity index (χ1) is 7.19. The number of hydrogen-bond acceptors (Lipinski definition) is 3. The van der Waals surface area contributed by atoms with Crippen molar-refractivity contribution in [3.05, 3.63) is 11.6 Å². The van der Waals surface area contributed by atoms with E-state index in [9.17, 15) is 4.79 Å². The van der Waals surface area contributed by atoms with Crippen LogP contribution in [0.25, 0.3) is 0 Å². The van der Waals surface area contributed by atoms with E-state index in [0.29, 0.717) is 19.7 Å². The second kappa shape index (κ2) is 5.88. The third-order valence-electron chi connectivity index (χ3n) is 2.48. The van der Waals surface area contributed by atoms with E-state index in [1.165, 1.54) is 0 Å². The van der Waals surface area contributed by atoms with Gasteiger partial charge < -0.3 is 14.7 Å². The number of allylic oxidation sites excluding steroid dienone is 1. The molecule has 1 N–H and O–H groups in total. The van der Waals surface area contributed by atoms with Crippen molar-refractivity contribution < 1.29 is 14.6 Å². The third kappa shape index (κ3) is 3.32. The predicted octanol–water partition coefficient (Wildman–Crippen LogP) is 0.562. The summed E-state index contributed by atoms with van der Waals surface area (Å²) in [5, 5.41) is 8.95. The summed E-state index contributed by atoms with van der Waals surface area (Å²) in [4.78, 5) is 13.6. The number of morpholine rings is 1. The zero-order chi connectivity index (χ0) is 11.3. The number of aliphatic hydroxyl groups is 1. The molecular weight excluding hydrogens is 194 g/mol. The molecule has 0 aromatic heterocycles. The van der Waals surface area contributed by atoms with Crippen LogP contribution in [0.5, 0.6) is 0 Å². The minimum atomic E-state index is -0.225. The number of ether oxygens (including phenoxy) is 1. The average molecular weight is 213 g/mol. The Hall–Kier alpha value is -0.870. The lowest BCUT2D eigenvalue weighted by Crippen LogP contribution is -2.47. The fourth-order valence-electron chi connectivity index (χ4n) is 1.66. The summed E-state index contributed by atoms with van der Waals surface area (Å²) in [5.41, 5.74) is 0.774. The molecule has 4 heteroatoms. The second-order valence-electron chi connectivity index (χ2n) is 3.72. The van der Waals surface area contributed by atoms with E-state index in [-0.39, 0.29) is 18.6 Å². The number of amides is 1. The van der Waals surface area contributed by atoms with Crippen LogP contribution in [0, 0.1) is 0 Å². The quantitative estimate of drug-likeness (QED) is 0.697. The van der Waals surface area contributed by atoms with Crippen molar-refractivity contribution in [3.8, 4) is 0 Å². The smallest absolute Gasteiger partial charge is 0.249 e. The summed E-state index contributed by atoms with van der Waals surface area (Å²) in [6.07, 6.45) is 2.56. The van der Waals surface area contributed by atoms with Crippen molar-refractivity contribution in [1.29, 1.82) is 0 Å². The van der Waals surface area contributed by atoms with Gasteiger partial charge in [0.1, 0.15) is 0 Å². The molecule has 0 aromatic rings. The highest BCUT2D eigenvalue weighted by Crippen LogP contribution is 2.09. The molecular formula is C11H19NO3. The Morgan fingerprint density at radius 1 is 1.67 bits per heavy atom. The van der Waals surface area contributed by atoms with E-state index in [2.05, 4.69) is 0 Å². The standard InChI is InChI=1S/C11H19NO3/c1-3-4-9(2)11(14)12-5-6-15-10(7-12)8-13/h4,10,13H,3,5-8H2,1-2H3/b9-4-. The summed E-state index contributed by atoms with van der Waals surface area (Å²) < 4.78 is 5.28. The Morgan fingerprint density at radius 3 is 3.00 bits per heavy atom. The average Bonchev–Trinajstić information content (AvgIpc) is 2.28. The first-order valence-electron chi connectivity index (χ1n) is 5.37. The molecule has 4 nitrogen and oxygen atoms in total. The van der Waals surface area contributed by atoms with Crippen LogP contribution in [-0.4, -0.2) is 48.3 Å². The van der Waals surface area contributed by atoms with Crippen LogP contribution in [0.4, 0.5) is 0 Å². The minimum absolute atomic E-state index is 0.0275. The van der Waals surface area contributed by atoms with Crippen molar-refractivity contribution in [3.63, 3.8) is 0 Å². The van der Waals surface area contributed by atoms with Gasteiger partial charge in [-0.15, -0.1) is 0 Å². The molecule has 1 saturated heterocycles. The molecule has 0 bridgehead atoms. The lowest BCUT2D eigenvalue weighted by Gasteiger charge is -2.32. The maximum atomic E-state index is 11.9. The van der Waals surface area contributed by atoms with Gasteiger partial charge in [0.15, 0.2) is 0 Å². The van der Waals surface area contributed by atoms with Crippen LogP contribution >= 0.6 is 0 Å². The number of aliphatic hydroxyl groups excluding tert-OH is 1. The summed E-state index contributed by atoms with van der Waals surface area (Å²) in [6, 6.07) is 0. The van der Waals surface area contributed by atoms with E-state index in [0.717, 1.165) is 12.0 Å². The van der Waals surface area contributed by atoms with Gasteiger partial charge in [-0.1, -0.05) is 13.0 Å². The SMILES string of the molecule is CC/C=C(/C)C(=O)N1CCOC(CO)C1. The Morgan fingerprint density at radius 2 is 2.40 bits per heavy atom. The Balaban J connectivity index is 2.56. The van der Waals surface area contributed by atoms with Gasteiger partial charge in [0.25, 0.3) is 0 Å². The molecule has 0 aliphatic carbocycles. The first kappa shape index (κ1) is 12.2. The fraction of sp³-hybridized carbons (Fsp3) is 0.727. The molecule has 1 unspecified atom stereocenters. The number of carbonyl (C=O) groups excluding carboxylic acids is 1. The molecule has 1 aliphatic rings. The van der Waals surface area contributed by atoms with Crippen LogP contribution in [0.1, 0.15) is 20.3 Å². The van der Waals surface area contributed by atoms with Gasteiger partial charge in [0.05, 0.1) is 19.3 Å². The Labute approximate surface area is 90.5 Å². The molecule has 1 aliphatic heterocycles. The van der Waals surface area contributed by atoms with E-state index in [1.54, 1.807) is 4.90 Å². The van der Waals surface area contributed by atoms with Gasteiger partial charge in [-0.2, -0.15) is 0 Å². The van der Waals surface area contributed by atoms with Crippen molar-refractivity contribution in [2.45, 2.75) is 26.4 Å². The summed E-state index contributed by atoms with van der Waals surface area (Å²) >= 11 is 0. The van der Waals surface area contributed by atoms with Gasteiger partial charge >= 0.3 is 0 Å². The Kier molecular flexibility index (Phi) is 4.78. The maximum Gasteiger partial charge on any atom is 0.249 e. The molecule has 0 saturated carbocycles. The molecule has 15 heavy (non-hydrogen) atoms. The second-order valence-corrected chi connectivity index (χ2v) is 3.72. The van der Waals surface area contributed by atoms with E-state index >= 15 is 0 Å². The minimum Gasteiger partial charge on any atom is -0.394 e. The summed E-state index contributed by atoms with van der Waals surface area (Å²) in [7, 11) is 0. The molecule has 1 amide bonds. The normalized spacial score (nSPS) is 23.0. The number of rotatable bonds is 3. The zero-order valence-corrected chi connectivity index (χ0v) is 9.40. The van der Waals surface area contributed by atoms with Gasteiger partial charge in [0.2, 0.25) is 5.91 Å². The van der Waals surface area contributed by atoms with E-state index in [4.69, 9.17) is 9.84 Å². The van der Waals surface area contributed by atoms with Crippen LogP contribution < -0.4 is 0 Å². The van der Waals surface area contributed by atoms with Gasteiger partial charge in [-0.25, -0.2) is 0 Å². The molecule has 86 valence electrons. The number of carbonyl (C=O) groups is 1. The van der Waals surface area contributed by atoms with Crippen LogP contribution in [0.15, 0.2) is 11.6 Å². The largest absolute Gasteiger partial charge is 0.394 e. The molecule has 1 heterocycles. The molecule has 0 aromatic carbocycles. The maximum absolute atomic E-state index is 11.9. The zero-order valence-electron chi connectivity index (χ0n) is 9.40. The third-order valence-corrected chi connectivity index (χ3v) is 2.48. The fourth-order valence-corrected chi connectivity index (χ4v) is 1.66. The number of nitrogens with zero attached hydrogens (tertiary/aromatic N) is 1.